The molecule has 0 aliphatic heterocycles. The van der Waals surface area contributed by atoms with Gasteiger partial charge in [-0.15, -0.1) is 0 Å². The maximum absolute atomic E-state index is 5.58. The molecule has 56 valence electrons. The van der Waals surface area contributed by atoms with Crippen molar-refractivity contribution in [2.45, 2.75) is 13.8 Å². The van der Waals surface area contributed by atoms with Crippen molar-refractivity contribution in [2.75, 3.05) is 0 Å². The number of allylic oxidation sites excluding steroid dienone is 4. The highest BCUT2D eigenvalue weighted by Gasteiger charge is 1.93. The Morgan fingerprint density at radius 1 is 1.30 bits per heavy atom. The average Bonchev–Trinajstić information content (AvgIpc) is 1.87. The van der Waals surface area contributed by atoms with E-state index in [-0.39, 0.29) is 0 Å². The molecular formula is C8H14N2. The molecule has 0 bridgehead atoms. The molecule has 0 aliphatic carbocycles. The van der Waals surface area contributed by atoms with Crippen molar-refractivity contribution in [3.05, 3.63) is 35.7 Å². The summed E-state index contributed by atoms with van der Waals surface area (Å²) in [6, 6.07) is 0. The highest BCUT2D eigenvalue weighted by Crippen LogP contribution is 2.04. The van der Waals surface area contributed by atoms with E-state index < -0.39 is 0 Å². The quantitative estimate of drug-likeness (QED) is 0.564. The van der Waals surface area contributed by atoms with Gasteiger partial charge in [-0.05, 0) is 19.4 Å². The Labute approximate surface area is 61.9 Å². The molecule has 0 saturated heterocycles. The van der Waals surface area contributed by atoms with E-state index in [0.717, 1.165) is 5.57 Å². The Hall–Kier alpha value is -1.18. The fourth-order valence-electron chi connectivity index (χ4n) is 0.578. The maximum Gasteiger partial charge on any atom is 0.0531 e. The number of nitrogens with two attached hydrogens (primary N) is 2. The van der Waals surface area contributed by atoms with Crippen molar-refractivity contribution in [3.8, 4) is 0 Å². The van der Waals surface area contributed by atoms with Gasteiger partial charge in [0, 0.05) is 5.70 Å². The smallest absolute Gasteiger partial charge is 0.0531 e. The maximum atomic E-state index is 5.58. The molecule has 0 aromatic heterocycles. The summed E-state index contributed by atoms with van der Waals surface area (Å²) >= 11 is 0. The Balaban J connectivity index is 4.51. The molecule has 2 nitrogen and oxygen atoms in total. The minimum atomic E-state index is 0.639. The van der Waals surface area contributed by atoms with Crippen LogP contribution in [0.3, 0.4) is 0 Å². The lowest BCUT2D eigenvalue weighted by atomic mass is 10.2. The molecule has 0 saturated carbocycles. The van der Waals surface area contributed by atoms with Gasteiger partial charge in [0.1, 0.15) is 0 Å². The molecule has 0 aromatic rings. The normalized spacial score (nSPS) is 14.4. The number of rotatable bonds is 2. The summed E-state index contributed by atoms with van der Waals surface area (Å²) in [4.78, 5) is 0. The molecule has 0 heterocycles. The van der Waals surface area contributed by atoms with Gasteiger partial charge in [0.15, 0.2) is 0 Å². The van der Waals surface area contributed by atoms with Crippen molar-refractivity contribution in [1.29, 1.82) is 0 Å². The SMILES string of the molecule is C=C/C=C(C)\C(N)=C(\C)N. The first-order valence-corrected chi connectivity index (χ1v) is 3.11. The predicted octanol–water partition coefficient (Wildman–Crippen LogP) is 1.27. The topological polar surface area (TPSA) is 52.0 Å². The fraction of sp³-hybridized carbons (Fsp3) is 0.250. The van der Waals surface area contributed by atoms with Crippen LogP contribution in [0.25, 0.3) is 0 Å². The summed E-state index contributed by atoms with van der Waals surface area (Å²) in [6.45, 7) is 7.22. The monoisotopic (exact) mass is 138 g/mol. The second-order valence-corrected chi connectivity index (χ2v) is 2.18. The molecule has 0 spiro atoms. The summed E-state index contributed by atoms with van der Waals surface area (Å²) in [5.74, 6) is 0. The molecule has 0 fully saturated rings. The third-order valence-electron chi connectivity index (χ3n) is 1.22. The Morgan fingerprint density at radius 2 is 1.80 bits per heavy atom. The molecule has 0 rings (SSSR count). The highest BCUT2D eigenvalue weighted by atomic mass is 14.7. The molecule has 10 heavy (non-hydrogen) atoms. The van der Waals surface area contributed by atoms with Gasteiger partial charge >= 0.3 is 0 Å². The second kappa shape index (κ2) is 3.77. The minimum absolute atomic E-state index is 0.639. The van der Waals surface area contributed by atoms with E-state index in [2.05, 4.69) is 6.58 Å². The van der Waals surface area contributed by atoms with Crippen molar-refractivity contribution in [2.24, 2.45) is 11.5 Å². The van der Waals surface area contributed by atoms with E-state index in [0.29, 0.717) is 11.4 Å². The Morgan fingerprint density at radius 3 is 2.10 bits per heavy atom. The third-order valence-corrected chi connectivity index (χ3v) is 1.22. The Kier molecular flexibility index (Phi) is 3.33. The zero-order chi connectivity index (χ0) is 8.15. The first-order chi connectivity index (χ1) is 4.59. The van der Waals surface area contributed by atoms with E-state index in [1.807, 2.05) is 13.0 Å². The van der Waals surface area contributed by atoms with Crippen LogP contribution in [0.4, 0.5) is 0 Å². The van der Waals surface area contributed by atoms with E-state index in [1.54, 1.807) is 13.0 Å². The van der Waals surface area contributed by atoms with Crippen molar-refractivity contribution in [1.82, 2.24) is 0 Å². The molecule has 0 aromatic carbocycles. The van der Waals surface area contributed by atoms with Crippen LogP contribution in [0.5, 0.6) is 0 Å². The zero-order valence-corrected chi connectivity index (χ0v) is 6.52. The zero-order valence-electron chi connectivity index (χ0n) is 6.52. The van der Waals surface area contributed by atoms with Gasteiger partial charge in [0.25, 0.3) is 0 Å². The van der Waals surface area contributed by atoms with Gasteiger partial charge in [-0.3, -0.25) is 0 Å². The summed E-state index contributed by atoms with van der Waals surface area (Å²) in [5, 5.41) is 0. The molecule has 0 amide bonds. The van der Waals surface area contributed by atoms with Gasteiger partial charge < -0.3 is 11.5 Å². The first kappa shape index (κ1) is 8.82. The first-order valence-electron chi connectivity index (χ1n) is 3.11. The molecule has 4 N–H and O–H groups in total. The van der Waals surface area contributed by atoms with E-state index in [9.17, 15) is 0 Å². The van der Waals surface area contributed by atoms with Crippen LogP contribution < -0.4 is 11.5 Å². The van der Waals surface area contributed by atoms with Crippen LogP contribution in [-0.2, 0) is 0 Å². The van der Waals surface area contributed by atoms with Gasteiger partial charge in [-0.2, -0.15) is 0 Å². The highest BCUT2D eigenvalue weighted by molar-refractivity contribution is 5.31. The van der Waals surface area contributed by atoms with Crippen LogP contribution in [0.1, 0.15) is 13.8 Å². The Bertz CT molecular complexity index is 183. The molecule has 0 unspecified atom stereocenters. The summed E-state index contributed by atoms with van der Waals surface area (Å²) in [5.41, 5.74) is 13.3. The molecule has 0 radical (unpaired) electrons. The summed E-state index contributed by atoms with van der Waals surface area (Å²) in [7, 11) is 0. The predicted molar refractivity (Wildman–Crippen MR) is 45.0 cm³/mol. The fourth-order valence-corrected chi connectivity index (χ4v) is 0.578. The lowest BCUT2D eigenvalue weighted by molar-refractivity contribution is 1.16. The van der Waals surface area contributed by atoms with Gasteiger partial charge in [0.2, 0.25) is 0 Å². The third kappa shape index (κ3) is 2.40. The van der Waals surface area contributed by atoms with Crippen LogP contribution in [0, 0.1) is 0 Å². The number of hydrogen-bond acceptors (Lipinski definition) is 2. The van der Waals surface area contributed by atoms with E-state index in [1.165, 1.54) is 0 Å². The van der Waals surface area contributed by atoms with Gasteiger partial charge in [-0.1, -0.05) is 18.7 Å². The van der Waals surface area contributed by atoms with Gasteiger partial charge in [0.05, 0.1) is 5.70 Å². The van der Waals surface area contributed by atoms with Crippen molar-refractivity contribution < 1.29 is 0 Å². The van der Waals surface area contributed by atoms with Crippen molar-refractivity contribution >= 4 is 0 Å². The van der Waals surface area contributed by atoms with Crippen LogP contribution >= 0.6 is 0 Å². The lowest BCUT2D eigenvalue weighted by Crippen LogP contribution is -2.07. The lowest BCUT2D eigenvalue weighted by Gasteiger charge is -2.01. The van der Waals surface area contributed by atoms with Crippen molar-refractivity contribution in [3.63, 3.8) is 0 Å². The van der Waals surface area contributed by atoms with Crippen LogP contribution in [-0.4, -0.2) is 0 Å². The van der Waals surface area contributed by atoms with E-state index in [4.69, 9.17) is 11.5 Å². The van der Waals surface area contributed by atoms with Crippen LogP contribution in [0.15, 0.2) is 35.7 Å². The van der Waals surface area contributed by atoms with Gasteiger partial charge in [-0.25, -0.2) is 0 Å². The summed E-state index contributed by atoms with van der Waals surface area (Å²) in [6.07, 6.45) is 3.51. The van der Waals surface area contributed by atoms with E-state index >= 15 is 0 Å². The number of hydrogen-bond donors (Lipinski definition) is 2. The second-order valence-electron chi connectivity index (χ2n) is 2.18. The standard InChI is InChI=1S/C8H14N2/c1-4-5-6(2)8(10)7(3)9/h4-5H,1,9-10H2,2-3H3/b6-5-,8-7+. The average molecular weight is 138 g/mol. The molecule has 2 heteroatoms. The largest absolute Gasteiger partial charge is 0.401 e. The molecular weight excluding hydrogens is 124 g/mol. The van der Waals surface area contributed by atoms with Crippen LogP contribution in [0.2, 0.25) is 0 Å². The summed E-state index contributed by atoms with van der Waals surface area (Å²) < 4.78 is 0. The molecule has 0 atom stereocenters. The molecule has 0 aliphatic rings. The minimum Gasteiger partial charge on any atom is -0.401 e.